The van der Waals surface area contributed by atoms with Gasteiger partial charge in [-0.2, -0.15) is 0 Å². The van der Waals surface area contributed by atoms with Gasteiger partial charge in [-0.3, -0.25) is 4.79 Å². The second kappa shape index (κ2) is 9.18. The van der Waals surface area contributed by atoms with Gasteiger partial charge in [0.1, 0.15) is 0 Å². The van der Waals surface area contributed by atoms with Crippen LogP contribution in [0.1, 0.15) is 12.0 Å². The largest absolute Gasteiger partial charge is 0.396 e. The molecule has 144 valence electrons. The lowest BCUT2D eigenvalue weighted by Gasteiger charge is -2.34. The SMILES string of the molecule is CN1CCN(C[C@@H]2CN(C(=O)CCc3ccccc3Cl)C[C@@H]2CO)CC1. The number of aliphatic hydroxyl groups excluding tert-OH is 1. The first-order valence-corrected chi connectivity index (χ1v) is 9.97. The van der Waals surface area contributed by atoms with E-state index >= 15 is 0 Å². The van der Waals surface area contributed by atoms with Crippen molar-refractivity contribution in [1.82, 2.24) is 14.7 Å². The van der Waals surface area contributed by atoms with Crippen LogP contribution in [0, 0.1) is 11.8 Å². The van der Waals surface area contributed by atoms with Gasteiger partial charge in [0.15, 0.2) is 0 Å². The van der Waals surface area contributed by atoms with Crippen LogP contribution in [0.4, 0.5) is 0 Å². The highest BCUT2D eigenvalue weighted by molar-refractivity contribution is 6.31. The lowest BCUT2D eigenvalue weighted by Crippen LogP contribution is -2.47. The number of likely N-dealkylation sites (tertiary alicyclic amines) is 1. The molecule has 1 aromatic carbocycles. The molecule has 2 heterocycles. The molecule has 3 rings (SSSR count). The van der Waals surface area contributed by atoms with Crippen LogP contribution in [0.15, 0.2) is 24.3 Å². The van der Waals surface area contributed by atoms with Gasteiger partial charge in [0.05, 0.1) is 0 Å². The molecule has 0 saturated carbocycles. The first-order chi connectivity index (χ1) is 12.6. The quantitative estimate of drug-likeness (QED) is 0.815. The predicted molar refractivity (Wildman–Crippen MR) is 104 cm³/mol. The van der Waals surface area contributed by atoms with Crippen molar-refractivity contribution in [3.63, 3.8) is 0 Å². The minimum Gasteiger partial charge on any atom is -0.396 e. The molecule has 1 amide bonds. The minimum atomic E-state index is 0.159. The van der Waals surface area contributed by atoms with Crippen LogP contribution in [0.3, 0.4) is 0 Å². The van der Waals surface area contributed by atoms with Crippen molar-refractivity contribution < 1.29 is 9.90 Å². The van der Waals surface area contributed by atoms with E-state index in [2.05, 4.69) is 16.8 Å². The number of carbonyl (C=O) groups excluding carboxylic acids is 1. The van der Waals surface area contributed by atoms with Crippen LogP contribution < -0.4 is 0 Å². The van der Waals surface area contributed by atoms with Gasteiger partial charge in [0.25, 0.3) is 0 Å². The molecule has 1 aromatic rings. The summed E-state index contributed by atoms with van der Waals surface area (Å²) in [6.45, 7) is 6.92. The Morgan fingerprint density at radius 2 is 1.85 bits per heavy atom. The highest BCUT2D eigenvalue weighted by Gasteiger charge is 2.35. The molecule has 0 spiro atoms. The number of carbonyl (C=O) groups is 1. The first-order valence-electron chi connectivity index (χ1n) is 9.59. The van der Waals surface area contributed by atoms with Crippen molar-refractivity contribution in [1.29, 1.82) is 0 Å². The van der Waals surface area contributed by atoms with E-state index in [1.807, 2.05) is 29.2 Å². The Hall–Kier alpha value is -1.14. The maximum Gasteiger partial charge on any atom is 0.222 e. The molecular weight excluding hydrogens is 350 g/mol. The summed E-state index contributed by atoms with van der Waals surface area (Å²) in [6, 6.07) is 7.70. The summed E-state index contributed by atoms with van der Waals surface area (Å²) in [5.74, 6) is 0.732. The zero-order valence-electron chi connectivity index (χ0n) is 15.6. The molecule has 0 aromatic heterocycles. The summed E-state index contributed by atoms with van der Waals surface area (Å²) in [7, 11) is 2.16. The summed E-state index contributed by atoms with van der Waals surface area (Å²) in [6.07, 6.45) is 1.14. The molecule has 2 aliphatic heterocycles. The summed E-state index contributed by atoms with van der Waals surface area (Å²) >= 11 is 6.19. The third kappa shape index (κ3) is 4.97. The van der Waals surface area contributed by atoms with Crippen LogP contribution in [0.2, 0.25) is 5.02 Å². The number of piperazine rings is 1. The Balaban J connectivity index is 1.51. The second-order valence-electron chi connectivity index (χ2n) is 7.70. The smallest absolute Gasteiger partial charge is 0.222 e. The van der Waals surface area contributed by atoms with E-state index in [-0.39, 0.29) is 18.4 Å². The Kier molecular flexibility index (Phi) is 6.92. The fourth-order valence-electron chi connectivity index (χ4n) is 4.02. The number of likely N-dealkylation sites (N-methyl/N-ethyl adjacent to an activating group) is 1. The van der Waals surface area contributed by atoms with E-state index in [1.54, 1.807) is 0 Å². The number of hydrogen-bond acceptors (Lipinski definition) is 4. The summed E-state index contributed by atoms with van der Waals surface area (Å²) in [5, 5.41) is 10.5. The van der Waals surface area contributed by atoms with Crippen LogP contribution >= 0.6 is 11.6 Å². The lowest BCUT2D eigenvalue weighted by molar-refractivity contribution is -0.130. The van der Waals surface area contributed by atoms with Crippen LogP contribution in [0.25, 0.3) is 0 Å². The molecule has 2 atom stereocenters. The number of aliphatic hydroxyl groups is 1. The van der Waals surface area contributed by atoms with Gasteiger partial charge in [-0.15, -0.1) is 0 Å². The predicted octanol–water partition coefficient (Wildman–Crippen LogP) is 1.59. The molecule has 0 radical (unpaired) electrons. The molecule has 2 fully saturated rings. The maximum absolute atomic E-state index is 12.7. The third-order valence-electron chi connectivity index (χ3n) is 5.82. The van der Waals surface area contributed by atoms with Gasteiger partial charge < -0.3 is 19.8 Å². The Morgan fingerprint density at radius 1 is 1.15 bits per heavy atom. The van der Waals surface area contributed by atoms with Gasteiger partial charge in [-0.1, -0.05) is 29.8 Å². The normalized spacial score (nSPS) is 25.0. The minimum absolute atomic E-state index is 0.159. The van der Waals surface area contributed by atoms with Gasteiger partial charge in [0, 0.05) is 69.8 Å². The molecule has 26 heavy (non-hydrogen) atoms. The zero-order valence-corrected chi connectivity index (χ0v) is 16.4. The van der Waals surface area contributed by atoms with Crippen molar-refractivity contribution in [2.75, 3.05) is 59.5 Å². The van der Waals surface area contributed by atoms with Crippen molar-refractivity contribution in [2.24, 2.45) is 11.8 Å². The van der Waals surface area contributed by atoms with Crippen LogP contribution in [-0.2, 0) is 11.2 Å². The molecule has 2 aliphatic rings. The monoisotopic (exact) mass is 379 g/mol. The molecule has 2 saturated heterocycles. The van der Waals surface area contributed by atoms with E-state index in [9.17, 15) is 9.90 Å². The summed E-state index contributed by atoms with van der Waals surface area (Å²) in [4.78, 5) is 19.4. The number of benzene rings is 1. The average Bonchev–Trinajstić information content (AvgIpc) is 3.05. The molecule has 0 unspecified atom stereocenters. The van der Waals surface area contributed by atoms with Crippen LogP contribution in [-0.4, -0.2) is 85.2 Å². The summed E-state index contributed by atoms with van der Waals surface area (Å²) < 4.78 is 0. The topological polar surface area (TPSA) is 47.0 Å². The Labute approximate surface area is 161 Å². The van der Waals surface area contributed by atoms with Gasteiger partial charge >= 0.3 is 0 Å². The fourth-order valence-corrected chi connectivity index (χ4v) is 4.25. The molecule has 0 aliphatic carbocycles. The summed E-state index contributed by atoms with van der Waals surface area (Å²) in [5.41, 5.74) is 1.02. The maximum atomic E-state index is 12.7. The van der Waals surface area contributed by atoms with Crippen LogP contribution in [0.5, 0.6) is 0 Å². The molecule has 1 N–H and O–H groups in total. The highest BCUT2D eigenvalue weighted by Crippen LogP contribution is 2.26. The fraction of sp³-hybridized carbons (Fsp3) is 0.650. The Bertz CT molecular complexity index is 604. The van der Waals surface area contributed by atoms with E-state index in [4.69, 9.17) is 11.6 Å². The van der Waals surface area contributed by atoms with Gasteiger partial charge in [0.2, 0.25) is 5.91 Å². The van der Waals surface area contributed by atoms with Crippen molar-refractivity contribution in [2.45, 2.75) is 12.8 Å². The van der Waals surface area contributed by atoms with E-state index in [1.165, 1.54) is 0 Å². The highest BCUT2D eigenvalue weighted by atomic mass is 35.5. The number of nitrogens with zero attached hydrogens (tertiary/aromatic N) is 3. The zero-order chi connectivity index (χ0) is 18.5. The lowest BCUT2D eigenvalue weighted by atomic mass is 9.96. The molecular formula is C20H30ClN3O2. The number of amides is 1. The number of rotatable bonds is 6. The molecule has 0 bridgehead atoms. The van der Waals surface area contributed by atoms with Gasteiger partial charge in [-0.25, -0.2) is 0 Å². The van der Waals surface area contributed by atoms with E-state index in [0.29, 0.717) is 25.3 Å². The first kappa shape index (κ1) is 19.6. The van der Waals surface area contributed by atoms with E-state index in [0.717, 1.165) is 49.9 Å². The number of halogens is 1. The van der Waals surface area contributed by atoms with E-state index < -0.39 is 0 Å². The van der Waals surface area contributed by atoms with Gasteiger partial charge in [-0.05, 0) is 31.0 Å². The van der Waals surface area contributed by atoms with Crippen molar-refractivity contribution in [3.05, 3.63) is 34.9 Å². The molecule has 6 heteroatoms. The third-order valence-corrected chi connectivity index (χ3v) is 6.19. The van der Waals surface area contributed by atoms with Crippen molar-refractivity contribution >= 4 is 17.5 Å². The van der Waals surface area contributed by atoms with Crippen molar-refractivity contribution in [3.8, 4) is 0 Å². The second-order valence-corrected chi connectivity index (χ2v) is 8.10. The number of hydrogen-bond donors (Lipinski definition) is 1. The standard InChI is InChI=1S/C20H30ClN3O2/c1-22-8-10-23(11-9-22)12-17-13-24(14-18(17)15-25)20(26)7-6-16-4-2-3-5-19(16)21/h2-5,17-18,25H,6-15H2,1H3/t17-,18-/m1/s1. The average molecular weight is 380 g/mol. The Morgan fingerprint density at radius 3 is 2.54 bits per heavy atom. The molecule has 5 nitrogen and oxygen atoms in total. The number of aryl methyl sites for hydroxylation is 1.